The van der Waals surface area contributed by atoms with Gasteiger partial charge in [-0.3, -0.25) is 0 Å². The minimum Gasteiger partial charge on any atom is -0.496 e. The van der Waals surface area contributed by atoms with E-state index in [1.165, 1.54) is 0 Å². The number of nitrogens with two attached hydrogens (primary N) is 1. The molecule has 0 unspecified atom stereocenters. The third kappa shape index (κ3) is 2.61. The zero-order chi connectivity index (χ0) is 19.0. The number of rotatable bonds is 3. The van der Waals surface area contributed by atoms with E-state index in [1.807, 2.05) is 61.5 Å². The van der Waals surface area contributed by atoms with Crippen LogP contribution in [0.2, 0.25) is 0 Å². The zero-order valence-corrected chi connectivity index (χ0v) is 15.0. The first-order chi connectivity index (χ1) is 13.2. The lowest BCUT2D eigenvalue weighted by molar-refractivity contribution is 0.364. The molecule has 1 aromatic heterocycles. The maximum atomic E-state index is 9.76. The first-order valence-corrected chi connectivity index (χ1v) is 8.51. The summed E-state index contributed by atoms with van der Waals surface area (Å²) in [6.07, 6.45) is 0. The van der Waals surface area contributed by atoms with Crippen LogP contribution >= 0.6 is 0 Å². The normalized spacial score (nSPS) is 15.7. The zero-order valence-electron chi connectivity index (χ0n) is 15.0. The van der Waals surface area contributed by atoms with Crippen LogP contribution in [0.4, 0.5) is 0 Å². The van der Waals surface area contributed by atoms with E-state index in [4.69, 9.17) is 15.2 Å². The van der Waals surface area contributed by atoms with Gasteiger partial charge in [0.1, 0.15) is 17.4 Å². The Morgan fingerprint density at radius 1 is 1.15 bits per heavy atom. The number of aryl methyl sites for hydroxylation is 1. The summed E-state index contributed by atoms with van der Waals surface area (Å²) < 4.78 is 13.1. The minimum atomic E-state index is -0.410. The van der Waals surface area contributed by atoms with E-state index in [9.17, 15) is 5.26 Å². The van der Waals surface area contributed by atoms with Gasteiger partial charge in [-0.15, -0.1) is 0 Å². The van der Waals surface area contributed by atoms with E-state index in [1.54, 1.807) is 11.8 Å². The molecule has 1 aliphatic rings. The SMILES string of the molecule is COc1ccccc1[C@H]1C(C#N)=C(N)Oc2c1c(C)nn2-c1ccccc1. The number of nitrogens with zero attached hydrogens (tertiary/aromatic N) is 3. The minimum absolute atomic E-state index is 0.0815. The van der Waals surface area contributed by atoms with Crippen molar-refractivity contribution in [1.29, 1.82) is 5.26 Å². The summed E-state index contributed by atoms with van der Waals surface area (Å²) in [5.74, 6) is 0.874. The van der Waals surface area contributed by atoms with Gasteiger partial charge in [-0.1, -0.05) is 36.4 Å². The molecule has 0 spiro atoms. The number of ether oxygens (including phenoxy) is 2. The molecular formula is C21H18N4O2. The lowest BCUT2D eigenvalue weighted by atomic mass is 9.83. The topological polar surface area (TPSA) is 86.1 Å². The molecule has 0 aliphatic carbocycles. The van der Waals surface area contributed by atoms with Gasteiger partial charge < -0.3 is 15.2 Å². The number of allylic oxidation sites excluding steroid dienone is 1. The van der Waals surface area contributed by atoms with Crippen LogP contribution in [0.15, 0.2) is 66.1 Å². The quantitative estimate of drug-likeness (QED) is 0.775. The maximum absolute atomic E-state index is 9.76. The highest BCUT2D eigenvalue weighted by molar-refractivity contribution is 5.59. The summed E-state index contributed by atoms with van der Waals surface area (Å²) in [5.41, 5.74) is 9.77. The fourth-order valence-corrected chi connectivity index (χ4v) is 3.47. The predicted octanol–water partition coefficient (Wildman–Crippen LogP) is 3.41. The van der Waals surface area contributed by atoms with Gasteiger partial charge >= 0.3 is 0 Å². The number of benzene rings is 2. The molecule has 1 aliphatic heterocycles. The highest BCUT2D eigenvalue weighted by atomic mass is 16.5. The monoisotopic (exact) mass is 358 g/mol. The molecule has 27 heavy (non-hydrogen) atoms. The van der Waals surface area contributed by atoms with Gasteiger partial charge in [-0.2, -0.15) is 10.4 Å². The van der Waals surface area contributed by atoms with Crippen molar-refractivity contribution in [3.63, 3.8) is 0 Å². The summed E-state index contributed by atoms with van der Waals surface area (Å²) in [6, 6.07) is 19.5. The second-order valence-electron chi connectivity index (χ2n) is 6.22. The summed E-state index contributed by atoms with van der Waals surface area (Å²) in [4.78, 5) is 0. The Bertz CT molecular complexity index is 1080. The Labute approximate surface area is 157 Å². The molecule has 134 valence electrons. The van der Waals surface area contributed by atoms with Crippen LogP contribution in [0, 0.1) is 18.3 Å². The Hall–Kier alpha value is -3.72. The second-order valence-corrected chi connectivity index (χ2v) is 6.22. The lowest BCUT2D eigenvalue weighted by Gasteiger charge is -2.26. The first-order valence-electron chi connectivity index (χ1n) is 8.51. The second kappa shape index (κ2) is 6.54. The predicted molar refractivity (Wildman–Crippen MR) is 101 cm³/mol. The van der Waals surface area contributed by atoms with E-state index in [-0.39, 0.29) is 5.88 Å². The molecule has 0 radical (unpaired) electrons. The van der Waals surface area contributed by atoms with Crippen LogP contribution in [-0.2, 0) is 0 Å². The molecule has 2 N–H and O–H groups in total. The molecule has 0 saturated carbocycles. The third-order valence-corrected chi connectivity index (χ3v) is 4.68. The molecule has 0 bridgehead atoms. The van der Waals surface area contributed by atoms with Crippen LogP contribution in [0.3, 0.4) is 0 Å². The fraction of sp³-hybridized carbons (Fsp3) is 0.143. The van der Waals surface area contributed by atoms with E-state index in [0.717, 1.165) is 22.5 Å². The molecule has 0 saturated heterocycles. The van der Waals surface area contributed by atoms with Crippen LogP contribution in [0.5, 0.6) is 11.6 Å². The van der Waals surface area contributed by atoms with Gasteiger partial charge in [-0.05, 0) is 25.1 Å². The van der Waals surface area contributed by atoms with Crippen LogP contribution < -0.4 is 15.2 Å². The number of hydrogen-bond acceptors (Lipinski definition) is 5. The summed E-state index contributed by atoms with van der Waals surface area (Å²) in [6.45, 7) is 1.90. The van der Waals surface area contributed by atoms with Crippen molar-refractivity contribution in [2.75, 3.05) is 7.11 Å². The van der Waals surface area contributed by atoms with Crippen molar-refractivity contribution in [2.45, 2.75) is 12.8 Å². The van der Waals surface area contributed by atoms with E-state index >= 15 is 0 Å². The molecule has 0 amide bonds. The van der Waals surface area contributed by atoms with E-state index in [2.05, 4.69) is 11.2 Å². The standard InChI is InChI=1S/C21H18N4O2/c1-13-18-19(15-10-6-7-11-17(15)26-2)16(12-22)20(23)27-21(18)25(24-13)14-8-4-3-5-9-14/h3-11,19H,23H2,1-2H3/t19-/m0/s1. The Kier molecular flexibility index (Phi) is 4.05. The van der Waals surface area contributed by atoms with Crippen LogP contribution in [0.1, 0.15) is 22.7 Å². The highest BCUT2D eigenvalue weighted by Gasteiger charge is 2.37. The Balaban J connectivity index is 1.99. The molecule has 3 aromatic rings. The van der Waals surface area contributed by atoms with E-state index < -0.39 is 5.92 Å². The van der Waals surface area contributed by atoms with Gasteiger partial charge in [0.2, 0.25) is 11.8 Å². The van der Waals surface area contributed by atoms with Crippen LogP contribution in [0.25, 0.3) is 5.69 Å². The molecule has 0 fully saturated rings. The average Bonchev–Trinajstić information content (AvgIpc) is 3.03. The largest absolute Gasteiger partial charge is 0.496 e. The number of methoxy groups -OCH3 is 1. The molecular weight excluding hydrogens is 340 g/mol. The van der Waals surface area contributed by atoms with Crippen molar-refractivity contribution in [3.8, 4) is 23.4 Å². The molecule has 6 nitrogen and oxygen atoms in total. The lowest BCUT2D eigenvalue weighted by Crippen LogP contribution is -2.22. The number of hydrogen-bond donors (Lipinski definition) is 1. The molecule has 6 heteroatoms. The van der Waals surface area contributed by atoms with Gasteiger partial charge in [0.15, 0.2) is 0 Å². The molecule has 4 rings (SSSR count). The Morgan fingerprint density at radius 3 is 2.56 bits per heavy atom. The van der Waals surface area contributed by atoms with Crippen molar-refractivity contribution in [2.24, 2.45) is 5.73 Å². The summed E-state index contributed by atoms with van der Waals surface area (Å²) >= 11 is 0. The highest BCUT2D eigenvalue weighted by Crippen LogP contribution is 2.46. The van der Waals surface area contributed by atoms with Gasteiger partial charge in [-0.25, -0.2) is 4.68 Å². The fourth-order valence-electron chi connectivity index (χ4n) is 3.47. The summed E-state index contributed by atoms with van der Waals surface area (Å²) in [5, 5.41) is 14.4. The Morgan fingerprint density at radius 2 is 1.85 bits per heavy atom. The molecule has 1 atom stereocenters. The van der Waals surface area contributed by atoms with Gasteiger partial charge in [0.05, 0.1) is 30.0 Å². The molecule has 2 aromatic carbocycles. The van der Waals surface area contributed by atoms with Crippen molar-refractivity contribution >= 4 is 0 Å². The first kappa shape index (κ1) is 16.7. The van der Waals surface area contributed by atoms with Crippen molar-refractivity contribution < 1.29 is 9.47 Å². The number of aromatic nitrogens is 2. The van der Waals surface area contributed by atoms with Gasteiger partial charge in [0.25, 0.3) is 0 Å². The number of nitriles is 1. The van der Waals surface area contributed by atoms with E-state index in [0.29, 0.717) is 17.2 Å². The summed E-state index contributed by atoms with van der Waals surface area (Å²) in [7, 11) is 1.61. The van der Waals surface area contributed by atoms with Crippen molar-refractivity contribution in [1.82, 2.24) is 9.78 Å². The number of para-hydroxylation sites is 2. The number of fused-ring (bicyclic) bond motifs is 1. The average molecular weight is 358 g/mol. The van der Waals surface area contributed by atoms with Crippen molar-refractivity contribution in [3.05, 3.63) is 82.9 Å². The molecule has 2 heterocycles. The van der Waals surface area contributed by atoms with Gasteiger partial charge in [0, 0.05) is 5.56 Å². The smallest absolute Gasteiger partial charge is 0.229 e. The third-order valence-electron chi connectivity index (χ3n) is 4.68. The van der Waals surface area contributed by atoms with Crippen LogP contribution in [-0.4, -0.2) is 16.9 Å². The maximum Gasteiger partial charge on any atom is 0.229 e.